The van der Waals surface area contributed by atoms with Gasteiger partial charge in [-0.25, -0.2) is 0 Å². The van der Waals surface area contributed by atoms with Crippen molar-refractivity contribution in [2.24, 2.45) is 34.5 Å². The Kier molecular flexibility index (Phi) is 4.94. The van der Waals surface area contributed by atoms with E-state index in [0.717, 1.165) is 38.5 Å². The van der Waals surface area contributed by atoms with Crippen molar-refractivity contribution < 1.29 is 23.8 Å². The quantitative estimate of drug-likeness (QED) is 0.501. The first-order valence-corrected chi connectivity index (χ1v) is 11.8. The molecule has 0 bridgehead atoms. The van der Waals surface area contributed by atoms with Crippen LogP contribution in [0.25, 0.3) is 0 Å². The van der Waals surface area contributed by atoms with Gasteiger partial charge in [0.25, 0.3) is 0 Å². The average molecular weight is 417 g/mol. The van der Waals surface area contributed by atoms with Crippen molar-refractivity contribution >= 4 is 11.8 Å². The lowest BCUT2D eigenvalue weighted by atomic mass is 9.46. The molecule has 4 aliphatic carbocycles. The predicted molar refractivity (Wildman–Crippen MR) is 112 cm³/mol. The van der Waals surface area contributed by atoms with Gasteiger partial charge in [0.1, 0.15) is 11.9 Å². The number of hydrogen-bond acceptors (Lipinski definition) is 5. The van der Waals surface area contributed by atoms with Gasteiger partial charge in [0, 0.05) is 18.8 Å². The molecule has 30 heavy (non-hydrogen) atoms. The molecule has 3 saturated carbocycles. The number of allylic oxidation sites excluding steroid dienone is 1. The van der Waals surface area contributed by atoms with Gasteiger partial charge in [-0.3, -0.25) is 9.59 Å². The van der Waals surface area contributed by atoms with Crippen LogP contribution in [0.2, 0.25) is 0 Å². The lowest BCUT2D eigenvalue weighted by Gasteiger charge is -2.61. The summed E-state index contributed by atoms with van der Waals surface area (Å²) in [5, 5.41) is 0. The second-order valence-corrected chi connectivity index (χ2v) is 11.0. The maximum atomic E-state index is 12.5. The topological polar surface area (TPSA) is 61.8 Å². The van der Waals surface area contributed by atoms with E-state index in [-0.39, 0.29) is 46.9 Å². The van der Waals surface area contributed by atoms with E-state index in [1.54, 1.807) is 6.92 Å². The number of hydrogen-bond donors (Lipinski definition) is 0. The summed E-state index contributed by atoms with van der Waals surface area (Å²) in [6.45, 7) is 9.28. The zero-order valence-electron chi connectivity index (χ0n) is 18.8. The summed E-state index contributed by atoms with van der Waals surface area (Å²) < 4.78 is 18.2. The fraction of sp³-hybridized carbons (Fsp3) is 0.840. The Balaban J connectivity index is 1.54. The maximum Gasteiger partial charge on any atom is 0.302 e. The van der Waals surface area contributed by atoms with E-state index in [1.807, 2.05) is 0 Å². The van der Waals surface area contributed by atoms with Crippen molar-refractivity contribution in [2.45, 2.75) is 84.5 Å². The van der Waals surface area contributed by atoms with E-state index in [1.165, 1.54) is 12.5 Å². The van der Waals surface area contributed by atoms with Crippen molar-refractivity contribution in [1.29, 1.82) is 0 Å². The first kappa shape index (κ1) is 20.7. The molecule has 1 aliphatic heterocycles. The van der Waals surface area contributed by atoms with Crippen LogP contribution >= 0.6 is 0 Å². The highest BCUT2D eigenvalue weighted by Gasteiger charge is 2.64. The summed E-state index contributed by atoms with van der Waals surface area (Å²) in [6, 6.07) is 0. The first-order chi connectivity index (χ1) is 14.2. The number of esters is 1. The number of rotatable bonds is 2. The third-order valence-electron chi connectivity index (χ3n) is 9.55. The third-order valence-corrected chi connectivity index (χ3v) is 9.55. The summed E-state index contributed by atoms with van der Waals surface area (Å²) in [5.74, 6) is 1.43. The molecule has 0 amide bonds. The fourth-order valence-corrected chi connectivity index (χ4v) is 8.47. The second kappa shape index (κ2) is 7.16. The molecular formula is C25H36O5. The number of Topliss-reactive ketones (excluding diaryl/α,β-unsaturated/α-hetero) is 1. The van der Waals surface area contributed by atoms with Gasteiger partial charge in [-0.1, -0.05) is 25.5 Å². The Hall–Kier alpha value is -1.20. The summed E-state index contributed by atoms with van der Waals surface area (Å²) in [7, 11) is 0. The van der Waals surface area contributed by atoms with E-state index in [4.69, 9.17) is 14.2 Å². The first-order valence-electron chi connectivity index (χ1n) is 11.8. The average Bonchev–Trinajstić information content (AvgIpc) is 3.02. The van der Waals surface area contributed by atoms with Crippen molar-refractivity contribution in [1.82, 2.24) is 0 Å². The summed E-state index contributed by atoms with van der Waals surface area (Å²) in [6.07, 6.45) is 8.38. The van der Waals surface area contributed by atoms with Crippen LogP contribution in [-0.4, -0.2) is 43.3 Å². The van der Waals surface area contributed by atoms with Crippen molar-refractivity contribution in [2.75, 3.05) is 13.2 Å². The van der Waals surface area contributed by atoms with Crippen LogP contribution in [-0.2, 0) is 23.8 Å². The van der Waals surface area contributed by atoms with E-state index < -0.39 is 0 Å². The van der Waals surface area contributed by atoms with Crippen LogP contribution in [0.1, 0.15) is 66.2 Å². The molecule has 5 rings (SSSR count). The molecule has 0 aromatic carbocycles. The molecule has 5 nitrogen and oxygen atoms in total. The Bertz CT molecular complexity index is 774. The van der Waals surface area contributed by atoms with Crippen LogP contribution in [0.5, 0.6) is 0 Å². The van der Waals surface area contributed by atoms with Crippen molar-refractivity contribution in [3.05, 3.63) is 11.6 Å². The minimum absolute atomic E-state index is 0.0411. The molecule has 0 spiro atoms. The molecule has 4 fully saturated rings. The lowest BCUT2D eigenvalue weighted by Crippen LogP contribution is -2.60. The van der Waals surface area contributed by atoms with Crippen LogP contribution in [0.4, 0.5) is 0 Å². The Morgan fingerprint density at radius 1 is 1.07 bits per heavy atom. The molecule has 1 saturated heterocycles. The number of ketones is 1. The van der Waals surface area contributed by atoms with Crippen LogP contribution < -0.4 is 0 Å². The molecule has 0 N–H and O–H groups in total. The molecule has 0 aromatic heterocycles. The Morgan fingerprint density at radius 2 is 1.80 bits per heavy atom. The molecular weight excluding hydrogens is 380 g/mol. The monoisotopic (exact) mass is 416 g/mol. The van der Waals surface area contributed by atoms with Gasteiger partial charge in [-0.2, -0.15) is 0 Å². The smallest absolute Gasteiger partial charge is 0.302 e. The van der Waals surface area contributed by atoms with Crippen LogP contribution in [0.3, 0.4) is 0 Å². The number of ether oxygens (including phenoxy) is 3. The van der Waals surface area contributed by atoms with Gasteiger partial charge in [0.05, 0.1) is 25.4 Å². The van der Waals surface area contributed by atoms with Crippen LogP contribution in [0.15, 0.2) is 11.6 Å². The second-order valence-electron chi connectivity index (χ2n) is 11.0. The van der Waals surface area contributed by atoms with Crippen molar-refractivity contribution in [3.63, 3.8) is 0 Å². The third kappa shape index (κ3) is 2.95. The van der Waals surface area contributed by atoms with E-state index >= 15 is 0 Å². The minimum atomic E-state index is -0.205. The zero-order chi connectivity index (χ0) is 21.3. The number of carbonyl (C=O) groups excluding carboxylic acids is 2. The number of fused-ring (bicyclic) bond motifs is 6. The molecule has 5 aliphatic rings. The predicted octanol–water partition coefficient (Wildman–Crippen LogP) is 4.09. The molecule has 1 heterocycles. The zero-order valence-corrected chi connectivity index (χ0v) is 18.8. The van der Waals surface area contributed by atoms with E-state index in [2.05, 4.69) is 19.9 Å². The molecule has 2 unspecified atom stereocenters. The largest absolute Gasteiger partial charge is 0.462 e. The molecule has 166 valence electrons. The SMILES string of the molecule is CC(=O)O[C@@H]1C[C@]2(C)[C@@H](C(C)=O)CC[C@H]2[C@@H]2CC=C3CC4OCCOC4C[C@]3(C)[C@H]21. The molecule has 5 heteroatoms. The van der Waals surface area contributed by atoms with Gasteiger partial charge in [-0.15, -0.1) is 0 Å². The van der Waals surface area contributed by atoms with Crippen molar-refractivity contribution in [3.8, 4) is 0 Å². The van der Waals surface area contributed by atoms with Gasteiger partial charge < -0.3 is 14.2 Å². The maximum absolute atomic E-state index is 12.5. The molecule has 0 radical (unpaired) electrons. The summed E-state index contributed by atoms with van der Waals surface area (Å²) in [4.78, 5) is 24.6. The van der Waals surface area contributed by atoms with E-state index in [9.17, 15) is 9.59 Å². The Labute approximate surface area is 179 Å². The van der Waals surface area contributed by atoms with E-state index in [0.29, 0.717) is 30.8 Å². The number of carbonyl (C=O) groups is 2. The Morgan fingerprint density at radius 3 is 2.50 bits per heavy atom. The highest BCUT2D eigenvalue weighted by atomic mass is 16.6. The van der Waals surface area contributed by atoms with Crippen LogP contribution in [0, 0.1) is 34.5 Å². The summed E-state index contributed by atoms with van der Waals surface area (Å²) >= 11 is 0. The molecule has 9 atom stereocenters. The fourth-order valence-electron chi connectivity index (χ4n) is 8.47. The highest BCUT2D eigenvalue weighted by Crippen LogP contribution is 2.67. The lowest BCUT2D eigenvalue weighted by molar-refractivity contribution is -0.195. The van der Waals surface area contributed by atoms with Gasteiger partial charge in [0.2, 0.25) is 0 Å². The normalized spacial score (nSPS) is 49.7. The highest BCUT2D eigenvalue weighted by molar-refractivity contribution is 5.79. The standard InChI is InChI=1S/C25H36O5/c1-14(26)18-7-8-19-17-6-5-16-11-20-21(29-10-9-28-20)12-24(16,3)23(17)22(30-15(2)27)13-25(18,19)4/h5,17-23H,6-13H2,1-4H3/t17-,18+,19-,20?,21?,22+,23+,24-,25+/m0/s1. The van der Waals surface area contributed by atoms with Gasteiger partial charge in [0.15, 0.2) is 0 Å². The van der Waals surface area contributed by atoms with Gasteiger partial charge >= 0.3 is 5.97 Å². The molecule has 0 aromatic rings. The summed E-state index contributed by atoms with van der Waals surface area (Å²) in [5.41, 5.74) is 1.36. The van der Waals surface area contributed by atoms with Gasteiger partial charge in [-0.05, 0) is 68.1 Å². The minimum Gasteiger partial charge on any atom is -0.462 e.